The Bertz CT molecular complexity index is 590. The van der Waals surface area contributed by atoms with E-state index < -0.39 is 0 Å². The van der Waals surface area contributed by atoms with Gasteiger partial charge in [-0.1, -0.05) is 11.6 Å². The molecule has 5 nitrogen and oxygen atoms in total. The van der Waals surface area contributed by atoms with E-state index in [2.05, 4.69) is 10.3 Å². The molecule has 2 rings (SSSR count). The number of methoxy groups -OCH3 is 2. The minimum Gasteiger partial charge on any atom is -0.493 e. The highest BCUT2D eigenvalue weighted by molar-refractivity contribution is 6.33. The van der Waals surface area contributed by atoms with Gasteiger partial charge in [-0.25, -0.2) is 4.98 Å². The molecule has 0 saturated heterocycles. The van der Waals surface area contributed by atoms with E-state index in [-0.39, 0.29) is 0 Å². The molecule has 0 aliphatic rings. The quantitative estimate of drug-likeness (QED) is 0.900. The molecule has 2 aromatic rings. The third-order valence-electron chi connectivity index (χ3n) is 2.58. The van der Waals surface area contributed by atoms with Gasteiger partial charge < -0.3 is 20.5 Å². The Morgan fingerprint density at radius 2 is 1.89 bits per heavy atom. The Morgan fingerprint density at radius 3 is 2.58 bits per heavy atom. The highest BCUT2D eigenvalue weighted by atomic mass is 35.5. The van der Waals surface area contributed by atoms with Crippen molar-refractivity contribution < 1.29 is 9.47 Å². The number of rotatable bonds is 4. The van der Waals surface area contributed by atoms with E-state index in [0.29, 0.717) is 28.0 Å². The van der Waals surface area contributed by atoms with Crippen molar-refractivity contribution >= 4 is 28.8 Å². The summed E-state index contributed by atoms with van der Waals surface area (Å²) in [5.74, 6) is 1.77. The number of aromatic nitrogens is 1. The van der Waals surface area contributed by atoms with E-state index in [1.807, 2.05) is 6.07 Å². The van der Waals surface area contributed by atoms with Crippen molar-refractivity contribution in [1.82, 2.24) is 4.98 Å². The van der Waals surface area contributed by atoms with E-state index in [9.17, 15) is 0 Å². The van der Waals surface area contributed by atoms with Crippen LogP contribution in [0.3, 0.4) is 0 Å². The maximum absolute atomic E-state index is 5.94. The number of anilines is 3. The SMILES string of the molecule is COc1ccc(Nc2nccc(Cl)c2N)cc1OC. The molecule has 0 unspecified atom stereocenters. The van der Waals surface area contributed by atoms with Gasteiger partial charge in [0.25, 0.3) is 0 Å². The number of nitrogens with zero attached hydrogens (tertiary/aromatic N) is 1. The molecule has 0 fully saturated rings. The van der Waals surface area contributed by atoms with E-state index in [1.54, 1.807) is 38.6 Å². The smallest absolute Gasteiger partial charge is 0.162 e. The van der Waals surface area contributed by atoms with Crippen molar-refractivity contribution in [3.63, 3.8) is 0 Å². The number of pyridine rings is 1. The summed E-state index contributed by atoms with van der Waals surface area (Å²) in [4.78, 5) is 4.14. The molecule has 0 saturated carbocycles. The molecule has 100 valence electrons. The molecule has 1 aromatic carbocycles. The Hall–Kier alpha value is -2.14. The normalized spacial score (nSPS) is 10.1. The molecule has 6 heteroatoms. The van der Waals surface area contributed by atoms with Crippen molar-refractivity contribution in [1.29, 1.82) is 0 Å². The minimum atomic E-state index is 0.402. The number of nitrogen functional groups attached to an aromatic ring is 1. The fraction of sp³-hybridized carbons (Fsp3) is 0.154. The number of ether oxygens (including phenoxy) is 2. The van der Waals surface area contributed by atoms with E-state index in [4.69, 9.17) is 26.8 Å². The van der Waals surface area contributed by atoms with Gasteiger partial charge in [0.05, 0.1) is 24.9 Å². The highest BCUT2D eigenvalue weighted by Crippen LogP contribution is 2.32. The maximum Gasteiger partial charge on any atom is 0.162 e. The van der Waals surface area contributed by atoms with Crippen LogP contribution in [-0.2, 0) is 0 Å². The second-order valence-corrected chi connectivity index (χ2v) is 4.16. The largest absolute Gasteiger partial charge is 0.493 e. The lowest BCUT2D eigenvalue weighted by atomic mass is 10.2. The van der Waals surface area contributed by atoms with Gasteiger partial charge in [0, 0.05) is 18.0 Å². The highest BCUT2D eigenvalue weighted by Gasteiger charge is 2.08. The number of nitrogens with two attached hydrogens (primary N) is 1. The van der Waals surface area contributed by atoms with E-state index in [0.717, 1.165) is 5.69 Å². The van der Waals surface area contributed by atoms with Crippen LogP contribution in [0, 0.1) is 0 Å². The summed E-state index contributed by atoms with van der Waals surface area (Å²) in [6, 6.07) is 7.06. The summed E-state index contributed by atoms with van der Waals surface area (Å²) < 4.78 is 10.4. The first-order valence-electron chi connectivity index (χ1n) is 5.54. The van der Waals surface area contributed by atoms with Gasteiger partial charge in [-0.15, -0.1) is 0 Å². The van der Waals surface area contributed by atoms with Crippen molar-refractivity contribution in [3.8, 4) is 11.5 Å². The van der Waals surface area contributed by atoms with Gasteiger partial charge in [0.2, 0.25) is 0 Å². The number of nitrogens with one attached hydrogen (secondary N) is 1. The van der Waals surface area contributed by atoms with Gasteiger partial charge in [0.15, 0.2) is 17.3 Å². The van der Waals surface area contributed by atoms with Crippen LogP contribution in [0.25, 0.3) is 0 Å². The molecule has 1 aromatic heterocycles. The lowest BCUT2D eigenvalue weighted by Gasteiger charge is -2.12. The third-order valence-corrected chi connectivity index (χ3v) is 2.91. The predicted molar refractivity (Wildman–Crippen MR) is 76.5 cm³/mol. The molecule has 0 aliphatic carbocycles. The second kappa shape index (κ2) is 5.67. The topological polar surface area (TPSA) is 69.4 Å². The zero-order valence-corrected chi connectivity index (χ0v) is 11.4. The second-order valence-electron chi connectivity index (χ2n) is 3.75. The molecular formula is C13H14ClN3O2. The minimum absolute atomic E-state index is 0.402. The molecule has 0 spiro atoms. The molecule has 19 heavy (non-hydrogen) atoms. The fourth-order valence-electron chi connectivity index (χ4n) is 1.60. The summed E-state index contributed by atoms with van der Waals surface area (Å²) in [6.45, 7) is 0. The molecule has 1 heterocycles. The molecule has 3 N–H and O–H groups in total. The summed E-state index contributed by atoms with van der Waals surface area (Å²) in [5, 5.41) is 3.54. The fourth-order valence-corrected chi connectivity index (χ4v) is 1.75. The Morgan fingerprint density at radius 1 is 1.16 bits per heavy atom. The predicted octanol–water partition coefficient (Wildman–Crippen LogP) is 3.08. The Labute approximate surface area is 116 Å². The summed E-state index contributed by atoms with van der Waals surface area (Å²) in [6.07, 6.45) is 1.59. The molecule has 0 amide bonds. The molecule has 0 aliphatic heterocycles. The lowest BCUT2D eigenvalue weighted by molar-refractivity contribution is 0.355. The standard InChI is InChI=1S/C13H14ClN3O2/c1-18-10-4-3-8(7-11(10)19-2)17-13-12(15)9(14)5-6-16-13/h3-7H,15H2,1-2H3,(H,16,17). The monoisotopic (exact) mass is 279 g/mol. The third kappa shape index (κ3) is 2.82. The molecule has 0 bridgehead atoms. The van der Waals surface area contributed by atoms with Crippen molar-refractivity contribution in [3.05, 3.63) is 35.5 Å². The Kier molecular flexibility index (Phi) is 3.97. The number of hydrogen-bond acceptors (Lipinski definition) is 5. The van der Waals surface area contributed by atoms with Crippen LogP contribution >= 0.6 is 11.6 Å². The van der Waals surface area contributed by atoms with Crippen LogP contribution in [0.4, 0.5) is 17.2 Å². The van der Waals surface area contributed by atoms with E-state index in [1.165, 1.54) is 0 Å². The number of hydrogen-bond donors (Lipinski definition) is 2. The molecule has 0 radical (unpaired) electrons. The van der Waals surface area contributed by atoms with Gasteiger partial charge in [-0.2, -0.15) is 0 Å². The first kappa shape index (κ1) is 13.3. The van der Waals surface area contributed by atoms with Gasteiger partial charge in [0.1, 0.15) is 0 Å². The van der Waals surface area contributed by atoms with Crippen LogP contribution in [-0.4, -0.2) is 19.2 Å². The number of benzene rings is 1. The van der Waals surface area contributed by atoms with Crippen LogP contribution in [0.5, 0.6) is 11.5 Å². The van der Waals surface area contributed by atoms with Gasteiger partial charge >= 0.3 is 0 Å². The van der Waals surface area contributed by atoms with E-state index >= 15 is 0 Å². The van der Waals surface area contributed by atoms with Gasteiger partial charge in [-0.05, 0) is 18.2 Å². The molecule has 0 atom stereocenters. The maximum atomic E-state index is 5.94. The van der Waals surface area contributed by atoms with Crippen molar-refractivity contribution in [2.75, 3.05) is 25.3 Å². The molecular weight excluding hydrogens is 266 g/mol. The zero-order valence-electron chi connectivity index (χ0n) is 10.6. The average molecular weight is 280 g/mol. The van der Waals surface area contributed by atoms with Crippen LogP contribution in [0.1, 0.15) is 0 Å². The zero-order chi connectivity index (χ0) is 13.8. The Balaban J connectivity index is 2.31. The summed E-state index contributed by atoms with van der Waals surface area (Å²) in [7, 11) is 3.16. The van der Waals surface area contributed by atoms with Crippen molar-refractivity contribution in [2.45, 2.75) is 0 Å². The lowest BCUT2D eigenvalue weighted by Crippen LogP contribution is -2.00. The van der Waals surface area contributed by atoms with Crippen molar-refractivity contribution in [2.24, 2.45) is 0 Å². The van der Waals surface area contributed by atoms with Crippen LogP contribution < -0.4 is 20.5 Å². The number of halogens is 1. The van der Waals surface area contributed by atoms with Crippen LogP contribution in [0.15, 0.2) is 30.5 Å². The van der Waals surface area contributed by atoms with Gasteiger partial charge in [-0.3, -0.25) is 0 Å². The van der Waals surface area contributed by atoms with Crippen LogP contribution in [0.2, 0.25) is 5.02 Å². The average Bonchev–Trinajstić information content (AvgIpc) is 2.43. The first-order chi connectivity index (χ1) is 9.15. The summed E-state index contributed by atoms with van der Waals surface area (Å²) in [5.41, 5.74) is 7.02. The first-order valence-corrected chi connectivity index (χ1v) is 5.92. The summed E-state index contributed by atoms with van der Waals surface area (Å²) >= 11 is 5.94.